The molecule has 1 aromatic heterocycles. The Hall–Kier alpha value is -1.60. The van der Waals surface area contributed by atoms with E-state index < -0.39 is 10.0 Å². The van der Waals surface area contributed by atoms with Gasteiger partial charge in [0.05, 0.1) is 10.6 Å². The molecule has 1 N–H and O–H groups in total. The Balaban J connectivity index is 1.92. The van der Waals surface area contributed by atoms with E-state index in [2.05, 4.69) is 9.71 Å². The lowest BCUT2D eigenvalue weighted by Gasteiger charge is -2.09. The van der Waals surface area contributed by atoms with Gasteiger partial charge in [-0.1, -0.05) is 47.5 Å². The molecule has 0 radical (unpaired) electrons. The van der Waals surface area contributed by atoms with Crippen LogP contribution in [0.15, 0.2) is 52.7 Å². The van der Waals surface area contributed by atoms with Gasteiger partial charge in [0.25, 0.3) is 10.0 Å². The van der Waals surface area contributed by atoms with Crippen LogP contribution in [0.3, 0.4) is 0 Å². The third-order valence-corrected chi connectivity index (χ3v) is 6.49. The van der Waals surface area contributed by atoms with Crippen molar-refractivity contribution in [3.05, 3.63) is 63.5 Å². The SMILES string of the molecule is Cc1c(Cl)cccc1S(=O)(=O)Nc1nc(-c2ccccc2Cl)cs1. The summed E-state index contributed by atoms with van der Waals surface area (Å²) in [5.41, 5.74) is 1.86. The summed E-state index contributed by atoms with van der Waals surface area (Å²) < 4.78 is 27.6. The van der Waals surface area contributed by atoms with Crippen LogP contribution < -0.4 is 4.72 Å². The minimum absolute atomic E-state index is 0.129. The van der Waals surface area contributed by atoms with Crippen molar-refractivity contribution in [2.45, 2.75) is 11.8 Å². The molecule has 124 valence electrons. The predicted molar refractivity (Wildman–Crippen MR) is 99.6 cm³/mol. The summed E-state index contributed by atoms with van der Waals surface area (Å²) in [7, 11) is -3.76. The van der Waals surface area contributed by atoms with Crippen molar-refractivity contribution in [3.63, 3.8) is 0 Å². The van der Waals surface area contributed by atoms with E-state index in [0.717, 1.165) is 5.56 Å². The quantitative estimate of drug-likeness (QED) is 0.654. The van der Waals surface area contributed by atoms with Gasteiger partial charge < -0.3 is 0 Å². The van der Waals surface area contributed by atoms with Crippen LogP contribution in [0.5, 0.6) is 0 Å². The van der Waals surface area contributed by atoms with Crippen LogP contribution in [0.2, 0.25) is 10.0 Å². The summed E-state index contributed by atoms with van der Waals surface area (Å²) in [6, 6.07) is 12.0. The number of hydrogen-bond acceptors (Lipinski definition) is 4. The zero-order valence-corrected chi connectivity index (χ0v) is 15.6. The third kappa shape index (κ3) is 3.42. The number of thiazole rings is 1. The molecule has 1 heterocycles. The van der Waals surface area contributed by atoms with Crippen LogP contribution in [0.4, 0.5) is 5.13 Å². The highest BCUT2D eigenvalue weighted by atomic mass is 35.5. The molecule has 0 atom stereocenters. The van der Waals surface area contributed by atoms with E-state index in [1.165, 1.54) is 17.4 Å². The van der Waals surface area contributed by atoms with Crippen molar-refractivity contribution in [2.75, 3.05) is 4.72 Å². The summed E-state index contributed by atoms with van der Waals surface area (Å²) in [5, 5.41) is 2.98. The molecule has 0 bridgehead atoms. The summed E-state index contributed by atoms with van der Waals surface area (Å²) >= 11 is 13.3. The summed E-state index contributed by atoms with van der Waals surface area (Å²) in [6.45, 7) is 1.66. The molecule has 4 nitrogen and oxygen atoms in total. The number of nitrogens with zero attached hydrogens (tertiary/aromatic N) is 1. The molecule has 0 spiro atoms. The van der Waals surface area contributed by atoms with Crippen LogP contribution in [0.25, 0.3) is 11.3 Å². The summed E-state index contributed by atoms with van der Waals surface area (Å²) in [5.74, 6) is 0. The second-order valence-electron chi connectivity index (χ2n) is 4.99. The normalized spacial score (nSPS) is 11.5. The molecule has 0 saturated carbocycles. The molecule has 0 aliphatic carbocycles. The number of nitrogens with one attached hydrogen (secondary N) is 1. The van der Waals surface area contributed by atoms with Crippen LogP contribution in [0, 0.1) is 6.92 Å². The lowest BCUT2D eigenvalue weighted by Crippen LogP contribution is -2.14. The van der Waals surface area contributed by atoms with Gasteiger partial charge in [0.1, 0.15) is 0 Å². The Bertz CT molecular complexity index is 1000. The third-order valence-electron chi connectivity index (χ3n) is 3.38. The van der Waals surface area contributed by atoms with Crippen molar-refractivity contribution in [3.8, 4) is 11.3 Å². The van der Waals surface area contributed by atoms with Gasteiger partial charge in [0, 0.05) is 21.0 Å². The number of aromatic nitrogens is 1. The first-order valence-corrected chi connectivity index (χ1v) is 9.99. The smallest absolute Gasteiger partial charge is 0.255 e. The molecule has 2 aromatic carbocycles. The number of halogens is 2. The molecule has 0 amide bonds. The Morgan fingerprint density at radius 2 is 1.75 bits per heavy atom. The fourth-order valence-corrected chi connectivity index (χ4v) is 4.86. The maximum absolute atomic E-state index is 12.6. The van der Waals surface area contributed by atoms with Gasteiger partial charge in [-0.2, -0.15) is 0 Å². The highest BCUT2D eigenvalue weighted by Crippen LogP contribution is 2.31. The van der Waals surface area contributed by atoms with E-state index in [4.69, 9.17) is 23.2 Å². The zero-order valence-electron chi connectivity index (χ0n) is 12.5. The van der Waals surface area contributed by atoms with Crippen molar-refractivity contribution in [1.82, 2.24) is 4.98 Å². The number of benzene rings is 2. The van der Waals surface area contributed by atoms with Crippen LogP contribution >= 0.6 is 34.5 Å². The van der Waals surface area contributed by atoms with Crippen molar-refractivity contribution >= 4 is 49.7 Å². The fourth-order valence-electron chi connectivity index (χ4n) is 2.16. The van der Waals surface area contributed by atoms with Crippen molar-refractivity contribution < 1.29 is 8.42 Å². The van der Waals surface area contributed by atoms with Gasteiger partial charge in [-0.05, 0) is 30.7 Å². The van der Waals surface area contributed by atoms with Crippen molar-refractivity contribution in [1.29, 1.82) is 0 Å². The maximum Gasteiger partial charge on any atom is 0.263 e. The molecule has 8 heteroatoms. The van der Waals surface area contributed by atoms with Crippen LogP contribution in [-0.4, -0.2) is 13.4 Å². The average Bonchev–Trinajstić information content (AvgIpc) is 2.97. The Labute approximate surface area is 154 Å². The Kier molecular flexibility index (Phi) is 4.83. The molecule has 3 aromatic rings. The monoisotopic (exact) mass is 398 g/mol. The van der Waals surface area contributed by atoms with Gasteiger partial charge in [-0.15, -0.1) is 11.3 Å². The molecular weight excluding hydrogens is 387 g/mol. The van der Waals surface area contributed by atoms with E-state index in [9.17, 15) is 8.42 Å². The van der Waals surface area contributed by atoms with E-state index in [1.54, 1.807) is 30.5 Å². The van der Waals surface area contributed by atoms with E-state index in [0.29, 0.717) is 21.3 Å². The number of rotatable bonds is 4. The molecular formula is C16H12Cl2N2O2S2. The lowest BCUT2D eigenvalue weighted by atomic mass is 10.2. The predicted octanol–water partition coefficient (Wildman–Crippen LogP) is 5.23. The highest BCUT2D eigenvalue weighted by Gasteiger charge is 2.20. The van der Waals surface area contributed by atoms with E-state index >= 15 is 0 Å². The number of hydrogen-bond donors (Lipinski definition) is 1. The van der Waals surface area contributed by atoms with E-state index in [1.807, 2.05) is 18.2 Å². The molecule has 0 saturated heterocycles. The molecule has 0 aliphatic heterocycles. The largest absolute Gasteiger partial charge is 0.263 e. The van der Waals surface area contributed by atoms with E-state index in [-0.39, 0.29) is 10.0 Å². The molecule has 0 unspecified atom stereocenters. The van der Waals surface area contributed by atoms with Crippen LogP contribution in [0.1, 0.15) is 5.56 Å². The summed E-state index contributed by atoms with van der Waals surface area (Å²) in [6.07, 6.45) is 0. The zero-order chi connectivity index (χ0) is 17.3. The first kappa shape index (κ1) is 17.2. The highest BCUT2D eigenvalue weighted by molar-refractivity contribution is 7.93. The number of anilines is 1. The fraction of sp³-hybridized carbons (Fsp3) is 0.0625. The second-order valence-corrected chi connectivity index (χ2v) is 8.31. The summed E-state index contributed by atoms with van der Waals surface area (Å²) in [4.78, 5) is 4.44. The first-order chi connectivity index (χ1) is 11.4. The van der Waals surface area contributed by atoms with Gasteiger partial charge in [-0.25, -0.2) is 13.4 Å². The number of sulfonamides is 1. The molecule has 0 aliphatic rings. The van der Waals surface area contributed by atoms with Gasteiger partial charge in [0.2, 0.25) is 0 Å². The Morgan fingerprint density at radius 1 is 1.04 bits per heavy atom. The molecule has 0 fully saturated rings. The second kappa shape index (κ2) is 6.72. The minimum Gasteiger partial charge on any atom is -0.255 e. The lowest BCUT2D eigenvalue weighted by molar-refractivity contribution is 0.600. The molecule has 24 heavy (non-hydrogen) atoms. The van der Waals surface area contributed by atoms with Gasteiger partial charge >= 0.3 is 0 Å². The van der Waals surface area contributed by atoms with Crippen molar-refractivity contribution in [2.24, 2.45) is 0 Å². The first-order valence-electron chi connectivity index (χ1n) is 6.87. The Morgan fingerprint density at radius 3 is 2.50 bits per heavy atom. The average molecular weight is 399 g/mol. The van der Waals surface area contributed by atoms with Gasteiger partial charge in [-0.3, -0.25) is 4.72 Å². The topological polar surface area (TPSA) is 59.1 Å². The minimum atomic E-state index is -3.76. The molecule has 3 rings (SSSR count). The maximum atomic E-state index is 12.6. The van der Waals surface area contributed by atoms with Crippen LogP contribution in [-0.2, 0) is 10.0 Å². The van der Waals surface area contributed by atoms with Gasteiger partial charge in [0.15, 0.2) is 5.13 Å². The standard InChI is InChI=1S/C16H12Cl2N2O2S2/c1-10-12(17)7-4-8-15(10)24(21,22)20-16-19-14(9-23-16)11-5-2-3-6-13(11)18/h2-9H,1H3,(H,19,20).